The van der Waals surface area contributed by atoms with Crippen LogP contribution in [0.2, 0.25) is 0 Å². The summed E-state index contributed by atoms with van der Waals surface area (Å²) < 4.78 is 0. The van der Waals surface area contributed by atoms with E-state index in [2.05, 4.69) is 0 Å². The Hall–Kier alpha value is -0.860. The lowest BCUT2D eigenvalue weighted by atomic mass is 9.91. The molecule has 0 unspecified atom stereocenters. The predicted octanol–water partition coefficient (Wildman–Crippen LogP) is 1.82. The van der Waals surface area contributed by atoms with Crippen molar-refractivity contribution in [2.24, 2.45) is 10.8 Å². The molecule has 1 fully saturated rings. The van der Waals surface area contributed by atoms with E-state index in [1.807, 2.05) is 34.6 Å². The van der Waals surface area contributed by atoms with Crippen molar-refractivity contribution in [2.75, 3.05) is 6.54 Å². The van der Waals surface area contributed by atoms with Crippen LogP contribution in [0.3, 0.4) is 0 Å². The van der Waals surface area contributed by atoms with Crippen molar-refractivity contribution in [3.63, 3.8) is 0 Å². The Morgan fingerprint density at radius 1 is 1.36 bits per heavy atom. The largest absolute Gasteiger partial charge is 0.282 e. The second-order valence-electron chi connectivity index (χ2n) is 5.65. The Kier molecular flexibility index (Phi) is 2.46. The predicted molar refractivity (Wildman–Crippen MR) is 54.6 cm³/mol. The van der Waals surface area contributed by atoms with Crippen LogP contribution >= 0.6 is 0 Å². The molecule has 0 atom stereocenters. The highest BCUT2D eigenvalue weighted by molar-refractivity contribution is 6.01. The van der Waals surface area contributed by atoms with E-state index in [9.17, 15) is 9.59 Å². The summed E-state index contributed by atoms with van der Waals surface area (Å²) in [7, 11) is 0. The maximum absolute atomic E-state index is 11.9. The highest BCUT2D eigenvalue weighted by atomic mass is 16.2. The number of carbonyl (C=O) groups is 2. The van der Waals surface area contributed by atoms with Crippen molar-refractivity contribution < 1.29 is 9.59 Å². The van der Waals surface area contributed by atoms with Gasteiger partial charge in [-0.15, -0.1) is 0 Å². The molecule has 1 rings (SSSR count). The molecule has 2 amide bonds. The third kappa shape index (κ3) is 1.81. The number of likely N-dealkylation sites (tertiary alicyclic amines) is 1. The zero-order chi connectivity index (χ0) is 11.1. The molecule has 14 heavy (non-hydrogen) atoms. The molecule has 3 nitrogen and oxygen atoms in total. The summed E-state index contributed by atoms with van der Waals surface area (Å²) in [5.74, 6) is -0.0921. The van der Waals surface area contributed by atoms with Gasteiger partial charge in [0.1, 0.15) is 0 Å². The summed E-state index contributed by atoms with van der Waals surface area (Å²) in [6.45, 7) is 9.88. The van der Waals surface area contributed by atoms with Crippen LogP contribution in [0.15, 0.2) is 0 Å². The number of rotatable bonds is 0. The highest BCUT2D eigenvalue weighted by Crippen LogP contribution is 2.33. The summed E-state index contributed by atoms with van der Waals surface area (Å²) in [6.07, 6.45) is 0.771. The summed E-state index contributed by atoms with van der Waals surface area (Å²) in [5.41, 5.74) is -0.822. The first-order chi connectivity index (χ1) is 6.16. The number of hydrogen-bond acceptors (Lipinski definition) is 2. The number of carbonyl (C=O) groups excluding carboxylic acids is 2. The zero-order valence-electron chi connectivity index (χ0n) is 9.68. The standard InChI is InChI=1S/C11H19NO2/c1-10(2,3)8(13)12-7-6-11(4,5)9(12)14/h6-7H2,1-5H3. The van der Waals surface area contributed by atoms with Crippen molar-refractivity contribution >= 4 is 11.8 Å². The van der Waals surface area contributed by atoms with Gasteiger partial charge in [-0.3, -0.25) is 14.5 Å². The fourth-order valence-corrected chi connectivity index (χ4v) is 1.56. The summed E-state index contributed by atoms with van der Waals surface area (Å²) in [6, 6.07) is 0. The molecule has 1 heterocycles. The van der Waals surface area contributed by atoms with E-state index in [0.29, 0.717) is 6.54 Å². The normalized spacial score (nSPS) is 21.5. The topological polar surface area (TPSA) is 37.4 Å². The van der Waals surface area contributed by atoms with Crippen molar-refractivity contribution in [3.05, 3.63) is 0 Å². The molecule has 0 aliphatic carbocycles. The van der Waals surface area contributed by atoms with Gasteiger partial charge in [-0.25, -0.2) is 0 Å². The Balaban J connectivity index is 2.85. The van der Waals surface area contributed by atoms with Crippen LogP contribution in [0, 0.1) is 10.8 Å². The highest BCUT2D eigenvalue weighted by Gasteiger charge is 2.44. The molecular weight excluding hydrogens is 178 g/mol. The molecule has 0 N–H and O–H groups in total. The minimum atomic E-state index is -0.462. The lowest BCUT2D eigenvalue weighted by molar-refractivity contribution is -0.150. The molecule has 0 spiro atoms. The maximum Gasteiger partial charge on any atom is 0.234 e. The van der Waals surface area contributed by atoms with Gasteiger partial charge in [0.25, 0.3) is 0 Å². The monoisotopic (exact) mass is 197 g/mol. The SMILES string of the molecule is CC(C)(C)C(=O)N1CCC(C)(C)C1=O. The van der Waals surface area contributed by atoms with Gasteiger partial charge in [0.2, 0.25) is 11.8 Å². The lowest BCUT2D eigenvalue weighted by Gasteiger charge is -2.25. The number of amides is 2. The Morgan fingerprint density at radius 2 is 1.86 bits per heavy atom. The minimum absolute atomic E-state index is 0.0302. The quantitative estimate of drug-likeness (QED) is 0.594. The van der Waals surface area contributed by atoms with Crippen molar-refractivity contribution in [2.45, 2.75) is 41.0 Å². The first-order valence-electron chi connectivity index (χ1n) is 5.03. The molecule has 0 saturated carbocycles. The fraction of sp³-hybridized carbons (Fsp3) is 0.818. The molecule has 0 aromatic rings. The molecule has 1 aliphatic heterocycles. The molecule has 3 heteroatoms. The first kappa shape index (κ1) is 11.2. The van der Waals surface area contributed by atoms with E-state index in [1.165, 1.54) is 4.90 Å². The molecule has 1 saturated heterocycles. The van der Waals surface area contributed by atoms with E-state index < -0.39 is 5.41 Å². The van der Waals surface area contributed by atoms with E-state index in [4.69, 9.17) is 0 Å². The Morgan fingerprint density at radius 3 is 2.14 bits per heavy atom. The molecule has 1 aliphatic rings. The van der Waals surface area contributed by atoms with Gasteiger partial charge in [-0.05, 0) is 6.42 Å². The lowest BCUT2D eigenvalue weighted by Crippen LogP contribution is -2.42. The molecular formula is C11H19NO2. The van der Waals surface area contributed by atoms with Crippen LogP contribution in [-0.2, 0) is 9.59 Å². The van der Waals surface area contributed by atoms with Gasteiger partial charge in [0.15, 0.2) is 0 Å². The van der Waals surface area contributed by atoms with E-state index in [1.54, 1.807) is 0 Å². The van der Waals surface area contributed by atoms with Crippen molar-refractivity contribution in [1.29, 1.82) is 0 Å². The molecule has 80 valence electrons. The van der Waals surface area contributed by atoms with Gasteiger partial charge in [0.05, 0.1) is 0 Å². The fourth-order valence-electron chi connectivity index (χ4n) is 1.56. The third-order valence-electron chi connectivity index (χ3n) is 2.67. The van der Waals surface area contributed by atoms with Crippen LogP contribution in [0.1, 0.15) is 41.0 Å². The van der Waals surface area contributed by atoms with Gasteiger partial charge >= 0.3 is 0 Å². The third-order valence-corrected chi connectivity index (χ3v) is 2.67. The second kappa shape index (κ2) is 3.07. The molecule has 0 aromatic heterocycles. The average Bonchev–Trinajstić information content (AvgIpc) is 2.25. The first-order valence-corrected chi connectivity index (χ1v) is 5.03. The molecule has 0 aromatic carbocycles. The molecule has 0 bridgehead atoms. The molecule has 0 radical (unpaired) electrons. The number of nitrogens with zero attached hydrogens (tertiary/aromatic N) is 1. The van der Waals surface area contributed by atoms with E-state index in [0.717, 1.165) is 6.42 Å². The van der Waals surface area contributed by atoms with Crippen LogP contribution in [0.4, 0.5) is 0 Å². The smallest absolute Gasteiger partial charge is 0.234 e. The number of hydrogen-bond donors (Lipinski definition) is 0. The minimum Gasteiger partial charge on any atom is -0.282 e. The average molecular weight is 197 g/mol. The van der Waals surface area contributed by atoms with Crippen molar-refractivity contribution in [1.82, 2.24) is 4.90 Å². The van der Waals surface area contributed by atoms with Gasteiger partial charge in [0, 0.05) is 17.4 Å². The van der Waals surface area contributed by atoms with Gasteiger partial charge in [-0.1, -0.05) is 34.6 Å². The van der Waals surface area contributed by atoms with Crippen LogP contribution < -0.4 is 0 Å². The summed E-state index contributed by atoms with van der Waals surface area (Å²) in [5, 5.41) is 0. The van der Waals surface area contributed by atoms with Crippen LogP contribution in [-0.4, -0.2) is 23.3 Å². The summed E-state index contributed by atoms with van der Waals surface area (Å²) >= 11 is 0. The van der Waals surface area contributed by atoms with Gasteiger partial charge in [-0.2, -0.15) is 0 Å². The van der Waals surface area contributed by atoms with Crippen LogP contribution in [0.25, 0.3) is 0 Å². The maximum atomic E-state index is 11.9. The van der Waals surface area contributed by atoms with Crippen molar-refractivity contribution in [3.8, 4) is 0 Å². The van der Waals surface area contributed by atoms with E-state index >= 15 is 0 Å². The Labute approximate surface area is 85.5 Å². The number of imide groups is 1. The van der Waals surface area contributed by atoms with Crippen LogP contribution in [0.5, 0.6) is 0 Å². The van der Waals surface area contributed by atoms with Gasteiger partial charge < -0.3 is 0 Å². The Bertz CT molecular complexity index is 274. The zero-order valence-corrected chi connectivity index (χ0v) is 9.68. The summed E-state index contributed by atoms with van der Waals surface area (Å²) in [4.78, 5) is 25.1. The second-order valence-corrected chi connectivity index (χ2v) is 5.65. The van der Waals surface area contributed by atoms with E-state index in [-0.39, 0.29) is 17.2 Å².